The SMILES string of the molecule is COC(=O)C(Cl)=C1Oc2cc(C)c(C)cc2N1C. The van der Waals surface area contributed by atoms with Crippen LogP contribution in [0.1, 0.15) is 11.1 Å². The molecule has 1 aliphatic rings. The maximum Gasteiger partial charge on any atom is 0.355 e. The highest BCUT2D eigenvalue weighted by Crippen LogP contribution is 2.41. The molecule has 0 saturated carbocycles. The second kappa shape index (κ2) is 4.53. The van der Waals surface area contributed by atoms with E-state index in [-0.39, 0.29) is 5.03 Å². The summed E-state index contributed by atoms with van der Waals surface area (Å²) in [6.07, 6.45) is 0. The highest BCUT2D eigenvalue weighted by molar-refractivity contribution is 6.41. The summed E-state index contributed by atoms with van der Waals surface area (Å²) in [4.78, 5) is 13.1. The number of nitrogens with zero attached hydrogens (tertiary/aromatic N) is 1. The van der Waals surface area contributed by atoms with Gasteiger partial charge in [-0.25, -0.2) is 4.79 Å². The number of benzene rings is 1. The van der Waals surface area contributed by atoms with E-state index < -0.39 is 5.97 Å². The molecule has 0 aromatic heterocycles. The largest absolute Gasteiger partial charge is 0.465 e. The van der Waals surface area contributed by atoms with Gasteiger partial charge in [0.25, 0.3) is 0 Å². The van der Waals surface area contributed by atoms with Gasteiger partial charge in [0, 0.05) is 7.05 Å². The maximum absolute atomic E-state index is 11.4. The number of carbonyl (C=O) groups excluding carboxylic acids is 1. The quantitative estimate of drug-likeness (QED) is 0.579. The lowest BCUT2D eigenvalue weighted by atomic mass is 10.1. The first-order chi connectivity index (χ1) is 8.45. The van der Waals surface area contributed by atoms with Crippen molar-refractivity contribution in [2.45, 2.75) is 13.8 Å². The first-order valence-corrected chi connectivity index (χ1v) is 5.84. The van der Waals surface area contributed by atoms with E-state index in [1.54, 1.807) is 11.9 Å². The molecule has 1 aromatic carbocycles. The van der Waals surface area contributed by atoms with Crippen molar-refractivity contribution in [1.29, 1.82) is 0 Å². The minimum Gasteiger partial charge on any atom is -0.465 e. The van der Waals surface area contributed by atoms with E-state index in [4.69, 9.17) is 16.3 Å². The van der Waals surface area contributed by atoms with E-state index in [0.29, 0.717) is 11.6 Å². The van der Waals surface area contributed by atoms with Crippen molar-refractivity contribution in [3.63, 3.8) is 0 Å². The van der Waals surface area contributed by atoms with Crippen molar-refractivity contribution < 1.29 is 14.3 Å². The summed E-state index contributed by atoms with van der Waals surface area (Å²) in [5.41, 5.74) is 3.16. The molecule has 1 aromatic rings. The van der Waals surface area contributed by atoms with Crippen molar-refractivity contribution >= 4 is 23.3 Å². The summed E-state index contributed by atoms with van der Waals surface area (Å²) in [5.74, 6) is 0.376. The predicted molar refractivity (Wildman–Crippen MR) is 69.8 cm³/mol. The van der Waals surface area contributed by atoms with Crippen LogP contribution in [0.15, 0.2) is 23.0 Å². The zero-order chi connectivity index (χ0) is 13.4. The van der Waals surface area contributed by atoms with E-state index in [1.165, 1.54) is 7.11 Å². The number of halogens is 1. The van der Waals surface area contributed by atoms with E-state index in [1.807, 2.05) is 26.0 Å². The van der Waals surface area contributed by atoms with Crippen LogP contribution in [-0.2, 0) is 9.53 Å². The predicted octanol–water partition coefficient (Wildman–Crippen LogP) is 2.71. The molecule has 0 N–H and O–H groups in total. The van der Waals surface area contributed by atoms with Crippen molar-refractivity contribution in [2.75, 3.05) is 19.1 Å². The molecule has 5 heteroatoms. The third-order valence-electron chi connectivity index (χ3n) is 3.00. The van der Waals surface area contributed by atoms with Gasteiger partial charge in [0.15, 0.2) is 10.8 Å². The van der Waals surface area contributed by atoms with Gasteiger partial charge < -0.3 is 14.4 Å². The second-order valence-electron chi connectivity index (χ2n) is 4.18. The maximum atomic E-state index is 11.4. The fourth-order valence-electron chi connectivity index (χ4n) is 1.77. The van der Waals surface area contributed by atoms with Gasteiger partial charge in [0.2, 0.25) is 5.88 Å². The summed E-state index contributed by atoms with van der Waals surface area (Å²) >= 11 is 5.94. The normalized spacial score (nSPS) is 16.2. The lowest BCUT2D eigenvalue weighted by molar-refractivity contribution is -0.135. The van der Waals surface area contributed by atoms with Crippen molar-refractivity contribution in [3.8, 4) is 5.75 Å². The van der Waals surface area contributed by atoms with Crippen LogP contribution in [0.5, 0.6) is 5.75 Å². The molecule has 4 nitrogen and oxygen atoms in total. The molecule has 0 fully saturated rings. The van der Waals surface area contributed by atoms with Crippen LogP contribution >= 0.6 is 11.6 Å². The zero-order valence-electron chi connectivity index (χ0n) is 10.7. The number of esters is 1. The first kappa shape index (κ1) is 12.8. The standard InChI is InChI=1S/C13H14ClNO3/c1-7-5-9-10(6-8(7)2)18-12(15(9)3)11(14)13(16)17-4/h5-6H,1-4H3. The van der Waals surface area contributed by atoms with Crippen LogP contribution in [0, 0.1) is 13.8 Å². The van der Waals surface area contributed by atoms with Gasteiger partial charge in [0.05, 0.1) is 12.8 Å². The number of methoxy groups -OCH3 is 1. The Morgan fingerprint density at radius 3 is 2.56 bits per heavy atom. The van der Waals surface area contributed by atoms with E-state index >= 15 is 0 Å². The molecule has 1 aliphatic heterocycles. The van der Waals surface area contributed by atoms with Crippen LogP contribution in [-0.4, -0.2) is 20.1 Å². The fourth-order valence-corrected chi connectivity index (χ4v) is 2.01. The number of carbonyl (C=O) groups is 1. The Kier molecular flexibility index (Phi) is 3.22. The molecule has 0 amide bonds. The molecule has 1 heterocycles. The van der Waals surface area contributed by atoms with Gasteiger partial charge in [-0.2, -0.15) is 0 Å². The summed E-state index contributed by atoms with van der Waals surface area (Å²) in [6, 6.07) is 3.93. The Labute approximate surface area is 111 Å². The molecule has 0 unspecified atom stereocenters. The Hall–Kier alpha value is -1.68. The molecule has 0 bridgehead atoms. The molecule has 2 rings (SSSR count). The van der Waals surface area contributed by atoms with Crippen LogP contribution in [0.25, 0.3) is 0 Å². The van der Waals surface area contributed by atoms with Gasteiger partial charge in [0.1, 0.15) is 0 Å². The number of hydrogen-bond donors (Lipinski definition) is 0. The van der Waals surface area contributed by atoms with Crippen LogP contribution < -0.4 is 9.64 Å². The third-order valence-corrected chi connectivity index (χ3v) is 3.32. The Bertz CT molecular complexity index is 551. The molecule has 0 aliphatic carbocycles. The zero-order valence-corrected chi connectivity index (χ0v) is 11.5. The van der Waals surface area contributed by atoms with Crippen LogP contribution in [0.4, 0.5) is 5.69 Å². The van der Waals surface area contributed by atoms with Gasteiger partial charge >= 0.3 is 5.97 Å². The monoisotopic (exact) mass is 267 g/mol. The molecule has 0 spiro atoms. The van der Waals surface area contributed by atoms with E-state index in [2.05, 4.69) is 4.74 Å². The summed E-state index contributed by atoms with van der Waals surface area (Å²) in [5, 5.41) is -0.0634. The van der Waals surface area contributed by atoms with E-state index in [9.17, 15) is 4.79 Å². The molecular weight excluding hydrogens is 254 g/mol. The molecule has 0 radical (unpaired) electrons. The number of anilines is 1. The molecule has 96 valence electrons. The summed E-state index contributed by atoms with van der Waals surface area (Å²) in [7, 11) is 3.07. The Balaban J connectivity index is 2.48. The van der Waals surface area contributed by atoms with Gasteiger partial charge in [-0.15, -0.1) is 0 Å². The van der Waals surface area contributed by atoms with Crippen molar-refractivity contribution in [1.82, 2.24) is 0 Å². The number of ether oxygens (including phenoxy) is 2. The lowest BCUT2D eigenvalue weighted by Gasteiger charge is -2.12. The molecular formula is C13H14ClNO3. The average molecular weight is 268 g/mol. The number of hydrogen-bond acceptors (Lipinski definition) is 4. The lowest BCUT2D eigenvalue weighted by Crippen LogP contribution is -2.18. The smallest absolute Gasteiger partial charge is 0.355 e. The summed E-state index contributed by atoms with van der Waals surface area (Å²) in [6.45, 7) is 4.02. The van der Waals surface area contributed by atoms with Gasteiger partial charge in [-0.3, -0.25) is 0 Å². The number of fused-ring (bicyclic) bond motifs is 1. The van der Waals surface area contributed by atoms with Crippen molar-refractivity contribution in [3.05, 3.63) is 34.2 Å². The highest BCUT2D eigenvalue weighted by Gasteiger charge is 2.29. The average Bonchev–Trinajstić information content (AvgIpc) is 2.66. The molecule has 0 saturated heterocycles. The Morgan fingerprint density at radius 2 is 1.94 bits per heavy atom. The second-order valence-corrected chi connectivity index (χ2v) is 4.55. The first-order valence-electron chi connectivity index (χ1n) is 5.46. The molecule has 18 heavy (non-hydrogen) atoms. The summed E-state index contributed by atoms with van der Waals surface area (Å²) < 4.78 is 10.2. The minimum atomic E-state index is -0.611. The fraction of sp³-hybridized carbons (Fsp3) is 0.308. The minimum absolute atomic E-state index is 0.0634. The molecule has 0 atom stereocenters. The third kappa shape index (κ3) is 1.93. The van der Waals surface area contributed by atoms with Crippen molar-refractivity contribution in [2.24, 2.45) is 0 Å². The van der Waals surface area contributed by atoms with E-state index in [0.717, 1.165) is 16.8 Å². The van der Waals surface area contributed by atoms with Crippen LogP contribution in [0.3, 0.4) is 0 Å². The number of rotatable bonds is 1. The Morgan fingerprint density at radius 1 is 1.33 bits per heavy atom. The number of aryl methyl sites for hydroxylation is 2. The highest BCUT2D eigenvalue weighted by atomic mass is 35.5. The van der Waals surface area contributed by atoms with Gasteiger partial charge in [-0.05, 0) is 37.1 Å². The van der Waals surface area contributed by atoms with Crippen LogP contribution in [0.2, 0.25) is 0 Å². The van der Waals surface area contributed by atoms with Gasteiger partial charge in [-0.1, -0.05) is 11.6 Å². The topological polar surface area (TPSA) is 38.8 Å².